The highest BCUT2D eigenvalue weighted by atomic mass is 19.4. The second-order valence-corrected chi connectivity index (χ2v) is 8.51. The molecule has 3 aromatic rings. The van der Waals surface area contributed by atoms with E-state index in [0.717, 1.165) is 60.3 Å². The van der Waals surface area contributed by atoms with Crippen molar-refractivity contribution in [1.29, 1.82) is 0 Å². The lowest BCUT2D eigenvalue weighted by Crippen LogP contribution is -2.26. The monoisotopic (exact) mass is 459 g/mol. The number of alkyl halides is 3. The number of hydrogen-bond acceptors (Lipinski definition) is 6. The lowest BCUT2D eigenvalue weighted by Gasteiger charge is -2.25. The van der Waals surface area contributed by atoms with Gasteiger partial charge in [-0.1, -0.05) is 0 Å². The molecular formula is C24H28F3N5O. The highest BCUT2D eigenvalue weighted by Crippen LogP contribution is 2.38. The zero-order chi connectivity index (χ0) is 23.8. The van der Waals surface area contributed by atoms with Crippen molar-refractivity contribution in [3.05, 3.63) is 52.8 Å². The van der Waals surface area contributed by atoms with Gasteiger partial charge in [0.25, 0.3) is 0 Å². The second-order valence-electron chi connectivity index (χ2n) is 8.51. The predicted molar refractivity (Wildman–Crippen MR) is 124 cm³/mol. The Hall–Kier alpha value is -3.07. The fraction of sp³-hybridized carbons (Fsp3) is 0.417. The van der Waals surface area contributed by atoms with Crippen LogP contribution in [0.2, 0.25) is 0 Å². The molecule has 0 spiro atoms. The SMILES string of the molecule is COc1cc2nc(C)nc(N[C@H](C)c3cc(N)cc(C(F)(F)F)c3)c2cc1C1CCNCC1. The van der Waals surface area contributed by atoms with Gasteiger partial charge in [-0.15, -0.1) is 0 Å². The van der Waals surface area contributed by atoms with Crippen molar-refractivity contribution in [1.82, 2.24) is 15.3 Å². The first kappa shape index (κ1) is 23.1. The Bertz CT molecular complexity index is 1160. The van der Waals surface area contributed by atoms with Crippen molar-refractivity contribution in [3.8, 4) is 5.75 Å². The number of ether oxygens (including phenoxy) is 1. The molecule has 2 aromatic carbocycles. The molecule has 0 saturated carbocycles. The van der Waals surface area contributed by atoms with Crippen LogP contribution in [0.5, 0.6) is 5.75 Å². The number of nitrogens with one attached hydrogen (secondary N) is 2. The summed E-state index contributed by atoms with van der Waals surface area (Å²) in [6, 6.07) is 7.12. The third kappa shape index (κ3) is 4.98. The van der Waals surface area contributed by atoms with E-state index in [9.17, 15) is 13.2 Å². The number of halogens is 3. The number of benzene rings is 2. The Morgan fingerprint density at radius 2 is 1.85 bits per heavy atom. The standard InChI is InChI=1S/C24H28F3N5O/c1-13(16-8-17(24(25,26)27)10-18(28)9-16)30-23-20-11-19(15-4-6-29-7-5-15)22(33-3)12-21(20)31-14(2)32-23/h8-13,15,29H,4-7,28H2,1-3H3,(H,30,31,32)/t13-/m1/s1. The molecule has 9 heteroatoms. The van der Waals surface area contributed by atoms with Crippen LogP contribution in [0.3, 0.4) is 0 Å². The first-order valence-corrected chi connectivity index (χ1v) is 11.0. The summed E-state index contributed by atoms with van der Waals surface area (Å²) < 4.78 is 45.5. The molecule has 0 amide bonds. The quantitative estimate of drug-likeness (QED) is 0.456. The summed E-state index contributed by atoms with van der Waals surface area (Å²) in [5.74, 6) is 2.26. The maximum atomic E-state index is 13.3. The largest absolute Gasteiger partial charge is 0.496 e. The van der Waals surface area contributed by atoms with Gasteiger partial charge in [-0.3, -0.25) is 0 Å². The van der Waals surface area contributed by atoms with Crippen molar-refractivity contribution in [2.75, 3.05) is 31.2 Å². The van der Waals surface area contributed by atoms with Gasteiger partial charge in [-0.05, 0) is 81.1 Å². The highest BCUT2D eigenvalue weighted by Gasteiger charge is 2.31. The van der Waals surface area contributed by atoms with Gasteiger partial charge in [0.15, 0.2) is 0 Å². The number of rotatable bonds is 5. The minimum absolute atomic E-state index is 0.0649. The van der Waals surface area contributed by atoms with Crippen LogP contribution >= 0.6 is 0 Å². The van der Waals surface area contributed by atoms with Gasteiger partial charge in [-0.25, -0.2) is 9.97 Å². The lowest BCUT2D eigenvalue weighted by molar-refractivity contribution is -0.137. The number of anilines is 2. The minimum Gasteiger partial charge on any atom is -0.496 e. The van der Waals surface area contributed by atoms with Crippen molar-refractivity contribution >= 4 is 22.4 Å². The molecule has 1 atom stereocenters. The maximum absolute atomic E-state index is 13.3. The van der Waals surface area contributed by atoms with Crippen molar-refractivity contribution in [2.45, 2.75) is 44.8 Å². The molecule has 4 N–H and O–H groups in total. The van der Waals surface area contributed by atoms with Crippen LogP contribution in [0.1, 0.15) is 54.2 Å². The molecule has 0 bridgehead atoms. The molecule has 33 heavy (non-hydrogen) atoms. The van der Waals surface area contributed by atoms with Gasteiger partial charge in [0.1, 0.15) is 17.4 Å². The first-order valence-electron chi connectivity index (χ1n) is 11.0. The third-order valence-corrected chi connectivity index (χ3v) is 6.10. The van der Waals surface area contributed by atoms with Crippen molar-refractivity contribution < 1.29 is 17.9 Å². The maximum Gasteiger partial charge on any atom is 0.416 e. The van der Waals surface area contributed by atoms with Crippen LogP contribution in [-0.4, -0.2) is 30.2 Å². The number of aryl methyl sites for hydroxylation is 1. The summed E-state index contributed by atoms with van der Waals surface area (Å²) in [6.45, 7) is 5.45. The molecular weight excluding hydrogens is 431 g/mol. The van der Waals surface area contributed by atoms with E-state index in [1.165, 1.54) is 0 Å². The highest BCUT2D eigenvalue weighted by molar-refractivity contribution is 5.91. The first-order chi connectivity index (χ1) is 15.7. The van der Waals surface area contributed by atoms with Gasteiger partial charge in [0.05, 0.1) is 24.2 Å². The average molecular weight is 460 g/mol. The summed E-state index contributed by atoms with van der Waals surface area (Å²) in [5.41, 5.74) is 7.30. The molecule has 1 aromatic heterocycles. The zero-order valence-electron chi connectivity index (χ0n) is 18.9. The van der Waals surface area contributed by atoms with E-state index in [2.05, 4.69) is 26.7 Å². The predicted octanol–water partition coefficient (Wildman–Crippen LogP) is 5.19. The van der Waals surface area contributed by atoms with E-state index < -0.39 is 17.8 Å². The fourth-order valence-corrected chi connectivity index (χ4v) is 4.41. The summed E-state index contributed by atoms with van der Waals surface area (Å²) in [4.78, 5) is 9.13. The summed E-state index contributed by atoms with van der Waals surface area (Å²) >= 11 is 0. The van der Waals surface area contributed by atoms with Crippen molar-refractivity contribution in [2.24, 2.45) is 0 Å². The molecule has 2 heterocycles. The van der Waals surface area contributed by atoms with Crippen molar-refractivity contribution in [3.63, 3.8) is 0 Å². The van der Waals surface area contributed by atoms with Crippen LogP contribution in [0, 0.1) is 6.92 Å². The molecule has 1 saturated heterocycles. The summed E-state index contributed by atoms with van der Waals surface area (Å²) in [7, 11) is 1.65. The van der Waals surface area contributed by atoms with E-state index >= 15 is 0 Å². The minimum atomic E-state index is -4.47. The van der Waals surface area contributed by atoms with Gasteiger partial charge in [0, 0.05) is 17.1 Å². The number of nitrogens with zero attached hydrogens (tertiary/aromatic N) is 2. The van der Waals surface area contributed by atoms with E-state index in [1.807, 2.05) is 6.07 Å². The number of nitrogen functional groups attached to an aromatic ring is 1. The molecule has 1 fully saturated rings. The van der Waals surface area contributed by atoms with E-state index in [4.69, 9.17) is 10.5 Å². The fourth-order valence-electron chi connectivity index (χ4n) is 4.41. The lowest BCUT2D eigenvalue weighted by atomic mass is 9.88. The molecule has 0 radical (unpaired) electrons. The van der Waals surface area contributed by atoms with E-state index in [0.29, 0.717) is 23.1 Å². The molecule has 0 unspecified atom stereocenters. The molecule has 1 aliphatic rings. The Kier molecular flexibility index (Phi) is 6.34. The zero-order valence-corrected chi connectivity index (χ0v) is 18.9. The smallest absolute Gasteiger partial charge is 0.416 e. The van der Waals surface area contributed by atoms with E-state index in [-0.39, 0.29) is 5.69 Å². The molecule has 6 nitrogen and oxygen atoms in total. The van der Waals surface area contributed by atoms with Crippen LogP contribution in [0.25, 0.3) is 10.9 Å². The summed E-state index contributed by atoms with van der Waals surface area (Å²) in [5, 5.41) is 7.47. The van der Waals surface area contributed by atoms with E-state index in [1.54, 1.807) is 27.0 Å². The number of nitrogens with two attached hydrogens (primary N) is 1. The number of methoxy groups -OCH3 is 1. The van der Waals surface area contributed by atoms with Crippen LogP contribution in [0.15, 0.2) is 30.3 Å². The number of fused-ring (bicyclic) bond motifs is 1. The normalized spacial score (nSPS) is 16.1. The Balaban J connectivity index is 1.75. The molecule has 1 aliphatic heterocycles. The van der Waals surface area contributed by atoms with Gasteiger partial charge in [-0.2, -0.15) is 13.2 Å². The van der Waals surface area contributed by atoms with Crippen LogP contribution < -0.4 is 21.1 Å². The molecule has 176 valence electrons. The number of piperidine rings is 1. The average Bonchev–Trinajstić information content (AvgIpc) is 2.77. The Morgan fingerprint density at radius 1 is 1.12 bits per heavy atom. The third-order valence-electron chi connectivity index (χ3n) is 6.10. The van der Waals surface area contributed by atoms with Crippen LogP contribution in [-0.2, 0) is 6.18 Å². The second kappa shape index (κ2) is 9.05. The topological polar surface area (TPSA) is 85.1 Å². The van der Waals surface area contributed by atoms with Gasteiger partial charge < -0.3 is 21.1 Å². The van der Waals surface area contributed by atoms with Crippen LogP contribution in [0.4, 0.5) is 24.7 Å². The van der Waals surface area contributed by atoms with Gasteiger partial charge >= 0.3 is 6.18 Å². The Labute approximate surface area is 190 Å². The summed E-state index contributed by atoms with van der Waals surface area (Å²) in [6.07, 6.45) is -2.48. The molecule has 0 aliphatic carbocycles. The molecule has 4 rings (SSSR count). The number of hydrogen-bond donors (Lipinski definition) is 3. The number of aromatic nitrogens is 2. The van der Waals surface area contributed by atoms with Gasteiger partial charge in [0.2, 0.25) is 0 Å². The Morgan fingerprint density at radius 3 is 2.52 bits per heavy atom.